The molecule has 21 heavy (non-hydrogen) atoms. The summed E-state index contributed by atoms with van der Waals surface area (Å²) in [6.45, 7) is 0.730. The minimum absolute atomic E-state index is 0.0184. The van der Waals surface area contributed by atoms with Crippen molar-refractivity contribution in [2.24, 2.45) is 5.73 Å². The molecule has 2 aromatic heterocycles. The topological polar surface area (TPSA) is 68.2 Å². The molecule has 0 radical (unpaired) electrons. The Kier molecular flexibility index (Phi) is 4.17. The molecule has 0 amide bonds. The van der Waals surface area contributed by atoms with Gasteiger partial charge in [-0.2, -0.15) is 4.98 Å². The number of anilines is 1. The van der Waals surface area contributed by atoms with E-state index in [9.17, 15) is 0 Å². The SMILES string of the molecule is NC(CCNc1nc2ccc(Br)cn2n1)c1ccccc1. The third-order valence-electron chi connectivity index (χ3n) is 3.26. The van der Waals surface area contributed by atoms with Crippen molar-refractivity contribution in [2.75, 3.05) is 11.9 Å². The van der Waals surface area contributed by atoms with Gasteiger partial charge < -0.3 is 11.1 Å². The molecule has 1 aromatic carbocycles. The molecule has 5 nitrogen and oxygen atoms in total. The Balaban J connectivity index is 1.59. The van der Waals surface area contributed by atoms with Gasteiger partial charge in [0, 0.05) is 23.3 Å². The highest BCUT2D eigenvalue weighted by molar-refractivity contribution is 9.10. The van der Waals surface area contributed by atoms with Crippen LogP contribution in [0.5, 0.6) is 0 Å². The molecule has 0 bridgehead atoms. The summed E-state index contributed by atoms with van der Waals surface area (Å²) in [5, 5.41) is 7.58. The zero-order valence-corrected chi connectivity index (χ0v) is 13.0. The number of halogens is 1. The molecule has 3 rings (SSSR count). The number of rotatable bonds is 5. The Morgan fingerprint density at radius 1 is 1.19 bits per heavy atom. The lowest BCUT2D eigenvalue weighted by Gasteiger charge is -2.11. The number of nitrogens with one attached hydrogen (secondary N) is 1. The summed E-state index contributed by atoms with van der Waals surface area (Å²) >= 11 is 3.41. The fraction of sp³-hybridized carbons (Fsp3) is 0.200. The maximum Gasteiger partial charge on any atom is 0.243 e. The highest BCUT2D eigenvalue weighted by atomic mass is 79.9. The predicted octanol–water partition coefficient (Wildman–Crippen LogP) is 2.99. The van der Waals surface area contributed by atoms with Crippen LogP contribution in [0.2, 0.25) is 0 Å². The van der Waals surface area contributed by atoms with Gasteiger partial charge in [0.05, 0.1) is 0 Å². The first-order chi connectivity index (χ1) is 10.2. The fourth-order valence-corrected chi connectivity index (χ4v) is 2.47. The molecule has 108 valence electrons. The van der Waals surface area contributed by atoms with Crippen molar-refractivity contribution in [3.63, 3.8) is 0 Å². The Bertz CT molecular complexity index is 725. The van der Waals surface area contributed by atoms with Crippen LogP contribution in [0.1, 0.15) is 18.0 Å². The van der Waals surface area contributed by atoms with Gasteiger partial charge in [0.1, 0.15) is 0 Å². The standard InChI is InChI=1S/C15H16BrN5/c16-12-6-7-14-19-15(20-21(14)10-12)18-9-8-13(17)11-4-2-1-3-5-11/h1-7,10,13H,8-9,17H2,(H,18,20). The van der Waals surface area contributed by atoms with Gasteiger partial charge >= 0.3 is 0 Å². The highest BCUT2D eigenvalue weighted by Crippen LogP contribution is 2.14. The maximum absolute atomic E-state index is 6.16. The Hall–Kier alpha value is -1.92. The number of aromatic nitrogens is 3. The molecule has 3 aromatic rings. The summed E-state index contributed by atoms with van der Waals surface area (Å²) in [6, 6.07) is 14.0. The lowest BCUT2D eigenvalue weighted by atomic mass is 10.1. The van der Waals surface area contributed by atoms with E-state index in [0.29, 0.717) is 5.95 Å². The van der Waals surface area contributed by atoms with Gasteiger partial charge in [0.25, 0.3) is 0 Å². The first kappa shape index (κ1) is 14.0. The second-order valence-corrected chi connectivity index (χ2v) is 5.73. The summed E-state index contributed by atoms with van der Waals surface area (Å²) in [5.41, 5.74) is 8.12. The summed E-state index contributed by atoms with van der Waals surface area (Å²) in [4.78, 5) is 4.40. The Morgan fingerprint density at radius 3 is 2.81 bits per heavy atom. The first-order valence-electron chi connectivity index (χ1n) is 6.79. The van der Waals surface area contributed by atoms with Crippen molar-refractivity contribution in [1.82, 2.24) is 14.6 Å². The molecule has 0 saturated heterocycles. The van der Waals surface area contributed by atoms with Gasteiger partial charge in [-0.25, -0.2) is 4.52 Å². The van der Waals surface area contributed by atoms with Gasteiger partial charge in [-0.3, -0.25) is 0 Å². The molecule has 0 aliphatic heterocycles. The quantitative estimate of drug-likeness (QED) is 0.745. The molecule has 1 unspecified atom stereocenters. The van der Waals surface area contributed by atoms with Gasteiger partial charge in [0.2, 0.25) is 5.95 Å². The average Bonchev–Trinajstić information content (AvgIpc) is 2.89. The van der Waals surface area contributed by atoms with Crippen LogP contribution in [0.4, 0.5) is 5.95 Å². The van der Waals surface area contributed by atoms with Gasteiger partial charge in [-0.1, -0.05) is 30.3 Å². The highest BCUT2D eigenvalue weighted by Gasteiger charge is 2.07. The van der Waals surface area contributed by atoms with E-state index in [0.717, 1.165) is 28.6 Å². The van der Waals surface area contributed by atoms with E-state index in [4.69, 9.17) is 5.73 Å². The number of hydrogen-bond donors (Lipinski definition) is 2. The number of nitrogens with two attached hydrogens (primary N) is 1. The predicted molar refractivity (Wildman–Crippen MR) is 87.2 cm³/mol. The molecule has 0 saturated carbocycles. The molecule has 6 heteroatoms. The van der Waals surface area contributed by atoms with Crippen molar-refractivity contribution in [2.45, 2.75) is 12.5 Å². The summed E-state index contributed by atoms with van der Waals surface area (Å²) in [7, 11) is 0. The third kappa shape index (κ3) is 3.40. The summed E-state index contributed by atoms with van der Waals surface area (Å²) in [6.07, 6.45) is 2.70. The largest absolute Gasteiger partial charge is 0.353 e. The van der Waals surface area contributed by atoms with Crippen molar-refractivity contribution in [1.29, 1.82) is 0 Å². The monoisotopic (exact) mass is 345 g/mol. The van der Waals surface area contributed by atoms with E-state index in [1.165, 1.54) is 0 Å². The molecule has 3 N–H and O–H groups in total. The lowest BCUT2D eigenvalue weighted by molar-refractivity contribution is 0.673. The van der Waals surface area contributed by atoms with Crippen LogP contribution >= 0.6 is 15.9 Å². The van der Waals surface area contributed by atoms with Crippen molar-refractivity contribution >= 4 is 27.5 Å². The maximum atomic E-state index is 6.16. The molecular formula is C15H16BrN5. The van der Waals surface area contributed by atoms with E-state index in [1.807, 2.05) is 48.7 Å². The van der Waals surface area contributed by atoms with E-state index < -0.39 is 0 Å². The second kappa shape index (κ2) is 6.24. The summed E-state index contributed by atoms with van der Waals surface area (Å²) in [5.74, 6) is 0.619. The van der Waals surface area contributed by atoms with Crippen LogP contribution in [0.3, 0.4) is 0 Å². The van der Waals surface area contributed by atoms with Crippen molar-refractivity contribution in [3.8, 4) is 0 Å². The number of nitrogens with zero attached hydrogens (tertiary/aromatic N) is 3. The average molecular weight is 346 g/mol. The lowest BCUT2D eigenvalue weighted by Crippen LogP contribution is -2.15. The second-order valence-electron chi connectivity index (χ2n) is 4.82. The Labute approximate surface area is 131 Å². The zero-order valence-electron chi connectivity index (χ0n) is 11.4. The van der Waals surface area contributed by atoms with Crippen LogP contribution in [0.15, 0.2) is 53.1 Å². The van der Waals surface area contributed by atoms with E-state index in [2.05, 4.69) is 31.3 Å². The summed E-state index contributed by atoms with van der Waals surface area (Å²) < 4.78 is 2.71. The van der Waals surface area contributed by atoms with Gasteiger partial charge in [0.15, 0.2) is 5.65 Å². The number of hydrogen-bond acceptors (Lipinski definition) is 4. The number of pyridine rings is 1. The molecule has 0 spiro atoms. The van der Waals surface area contributed by atoms with Crippen LogP contribution in [-0.4, -0.2) is 21.1 Å². The van der Waals surface area contributed by atoms with E-state index >= 15 is 0 Å². The number of fused-ring (bicyclic) bond motifs is 1. The van der Waals surface area contributed by atoms with Crippen LogP contribution < -0.4 is 11.1 Å². The van der Waals surface area contributed by atoms with Crippen LogP contribution in [0, 0.1) is 0 Å². The minimum atomic E-state index is 0.0184. The van der Waals surface area contributed by atoms with Gasteiger partial charge in [-0.15, -0.1) is 5.10 Å². The normalized spacial score (nSPS) is 12.5. The third-order valence-corrected chi connectivity index (χ3v) is 3.73. The molecular weight excluding hydrogens is 330 g/mol. The zero-order chi connectivity index (χ0) is 14.7. The van der Waals surface area contributed by atoms with Crippen molar-refractivity contribution < 1.29 is 0 Å². The van der Waals surface area contributed by atoms with E-state index in [1.54, 1.807) is 4.52 Å². The fourth-order valence-electron chi connectivity index (χ4n) is 2.14. The first-order valence-corrected chi connectivity index (χ1v) is 7.58. The van der Waals surface area contributed by atoms with Crippen LogP contribution in [0.25, 0.3) is 5.65 Å². The molecule has 0 aliphatic carbocycles. The Morgan fingerprint density at radius 2 is 2.00 bits per heavy atom. The smallest absolute Gasteiger partial charge is 0.243 e. The van der Waals surface area contributed by atoms with Crippen molar-refractivity contribution in [3.05, 3.63) is 58.7 Å². The molecule has 0 fully saturated rings. The molecule has 2 heterocycles. The van der Waals surface area contributed by atoms with E-state index in [-0.39, 0.29) is 6.04 Å². The number of benzene rings is 1. The van der Waals surface area contributed by atoms with Gasteiger partial charge in [-0.05, 0) is 40.0 Å². The van der Waals surface area contributed by atoms with Crippen LogP contribution in [-0.2, 0) is 0 Å². The minimum Gasteiger partial charge on any atom is -0.353 e. The molecule has 0 aliphatic rings. The molecule has 1 atom stereocenters.